The van der Waals surface area contributed by atoms with E-state index in [1.54, 1.807) is 11.3 Å². The minimum Gasteiger partial charge on any atom is -0.480 e. The molecule has 1 aromatic rings. The van der Waals surface area contributed by atoms with E-state index in [1.165, 1.54) is 10.4 Å². The molecule has 0 aromatic carbocycles. The number of hydrogen-bond donors (Lipinski definition) is 2. The van der Waals surface area contributed by atoms with Crippen LogP contribution in [-0.2, 0) is 17.6 Å². The van der Waals surface area contributed by atoms with Gasteiger partial charge in [-0.25, -0.2) is 0 Å². The lowest BCUT2D eigenvalue weighted by molar-refractivity contribution is -0.139. The summed E-state index contributed by atoms with van der Waals surface area (Å²) in [5, 5.41) is 12.0. The maximum atomic E-state index is 10.9. The number of nitrogens with one attached hydrogen (secondary N) is 1. The van der Waals surface area contributed by atoms with Gasteiger partial charge in [-0.15, -0.1) is 11.3 Å². The van der Waals surface area contributed by atoms with Crippen molar-refractivity contribution < 1.29 is 9.90 Å². The van der Waals surface area contributed by atoms with Crippen LogP contribution in [0.25, 0.3) is 0 Å². The van der Waals surface area contributed by atoms with Crippen molar-refractivity contribution in [3.05, 3.63) is 20.3 Å². The van der Waals surface area contributed by atoms with Crippen LogP contribution in [-0.4, -0.2) is 23.7 Å². The van der Waals surface area contributed by atoms with Crippen molar-refractivity contribution in [3.8, 4) is 0 Å². The highest BCUT2D eigenvalue weighted by molar-refractivity contribution is 9.11. The Morgan fingerprint density at radius 2 is 2.50 bits per heavy atom. The molecule has 0 bridgehead atoms. The van der Waals surface area contributed by atoms with Crippen LogP contribution >= 0.6 is 27.3 Å². The molecule has 14 heavy (non-hydrogen) atoms. The predicted molar refractivity (Wildman–Crippen MR) is 58.9 cm³/mol. The third-order valence-corrected chi connectivity index (χ3v) is 4.07. The van der Waals surface area contributed by atoms with Crippen LogP contribution in [0.3, 0.4) is 0 Å². The number of carboxylic acid groups (broad SMARTS) is 1. The Kier molecular flexibility index (Phi) is 2.90. The Labute approximate surface area is 94.3 Å². The van der Waals surface area contributed by atoms with Gasteiger partial charge in [-0.05, 0) is 40.4 Å². The van der Waals surface area contributed by atoms with E-state index in [4.69, 9.17) is 5.11 Å². The first-order chi connectivity index (χ1) is 6.66. The zero-order valence-corrected chi connectivity index (χ0v) is 9.82. The topological polar surface area (TPSA) is 49.3 Å². The molecule has 1 aromatic heterocycles. The van der Waals surface area contributed by atoms with E-state index in [0.717, 1.165) is 16.8 Å². The highest BCUT2D eigenvalue weighted by Gasteiger charge is 2.23. The summed E-state index contributed by atoms with van der Waals surface area (Å²) < 4.78 is 1.09. The highest BCUT2D eigenvalue weighted by atomic mass is 79.9. The number of carbonyl (C=O) groups is 1. The van der Waals surface area contributed by atoms with E-state index < -0.39 is 12.0 Å². The van der Waals surface area contributed by atoms with Gasteiger partial charge in [-0.3, -0.25) is 4.79 Å². The van der Waals surface area contributed by atoms with Crippen molar-refractivity contribution in [3.63, 3.8) is 0 Å². The van der Waals surface area contributed by atoms with E-state index in [0.29, 0.717) is 6.42 Å². The summed E-state index contributed by atoms with van der Waals surface area (Å²) in [6, 6.07) is 1.60. The molecule has 1 aliphatic rings. The maximum absolute atomic E-state index is 10.9. The van der Waals surface area contributed by atoms with Gasteiger partial charge in [0.15, 0.2) is 0 Å². The molecular formula is C9H10BrNO2S. The fourth-order valence-electron chi connectivity index (χ4n) is 1.64. The molecule has 1 aliphatic heterocycles. The molecule has 0 saturated carbocycles. The number of carboxylic acids is 1. The third kappa shape index (κ3) is 1.99. The smallest absolute Gasteiger partial charge is 0.321 e. The number of fused-ring (bicyclic) bond motifs is 1. The third-order valence-electron chi connectivity index (χ3n) is 2.33. The second-order valence-electron chi connectivity index (χ2n) is 3.30. The van der Waals surface area contributed by atoms with Crippen molar-refractivity contribution in [2.75, 3.05) is 6.54 Å². The second-order valence-corrected chi connectivity index (χ2v) is 5.81. The zero-order chi connectivity index (χ0) is 10.1. The molecule has 0 saturated heterocycles. The van der Waals surface area contributed by atoms with Gasteiger partial charge in [-0.1, -0.05) is 0 Å². The minimum absolute atomic E-state index is 0.433. The Morgan fingerprint density at radius 1 is 1.71 bits per heavy atom. The summed E-state index contributed by atoms with van der Waals surface area (Å²) >= 11 is 5.13. The largest absolute Gasteiger partial charge is 0.480 e. The molecule has 1 atom stereocenters. The van der Waals surface area contributed by atoms with Crippen molar-refractivity contribution >= 4 is 33.2 Å². The van der Waals surface area contributed by atoms with E-state index in [9.17, 15) is 4.79 Å². The molecule has 2 heterocycles. The Morgan fingerprint density at radius 3 is 3.21 bits per heavy atom. The summed E-state index contributed by atoms with van der Waals surface area (Å²) in [5.74, 6) is -0.764. The Bertz CT molecular complexity index is 364. The molecule has 0 amide bonds. The van der Waals surface area contributed by atoms with Crippen molar-refractivity contribution in [1.29, 1.82) is 0 Å². The van der Waals surface area contributed by atoms with E-state index in [-0.39, 0.29) is 0 Å². The first-order valence-electron chi connectivity index (χ1n) is 4.40. The zero-order valence-electron chi connectivity index (χ0n) is 7.42. The monoisotopic (exact) mass is 275 g/mol. The standard InChI is InChI=1S/C9H10BrNO2S/c10-8-4-5-3-6(9(12)13)11-2-1-7(5)14-8/h4,6,11H,1-3H2,(H,12,13). The van der Waals surface area contributed by atoms with Crippen LogP contribution in [0, 0.1) is 0 Å². The second kappa shape index (κ2) is 4.00. The van der Waals surface area contributed by atoms with E-state index >= 15 is 0 Å². The fraction of sp³-hybridized carbons (Fsp3) is 0.444. The van der Waals surface area contributed by atoms with Crippen LogP contribution in [0.1, 0.15) is 10.4 Å². The van der Waals surface area contributed by atoms with Gasteiger partial charge in [0.1, 0.15) is 6.04 Å². The van der Waals surface area contributed by atoms with Crippen LogP contribution in [0.5, 0.6) is 0 Å². The first-order valence-corrected chi connectivity index (χ1v) is 6.01. The lowest BCUT2D eigenvalue weighted by Gasteiger charge is -2.09. The lowest BCUT2D eigenvalue weighted by Crippen LogP contribution is -2.37. The van der Waals surface area contributed by atoms with E-state index in [1.807, 2.05) is 6.07 Å². The Hall–Kier alpha value is -0.390. The molecular weight excluding hydrogens is 266 g/mol. The van der Waals surface area contributed by atoms with Gasteiger partial charge in [-0.2, -0.15) is 0 Å². The van der Waals surface area contributed by atoms with Crippen LogP contribution in [0.2, 0.25) is 0 Å². The van der Waals surface area contributed by atoms with Gasteiger partial charge < -0.3 is 10.4 Å². The molecule has 0 aliphatic carbocycles. The Balaban J connectivity index is 2.25. The van der Waals surface area contributed by atoms with Gasteiger partial charge in [0, 0.05) is 11.4 Å². The normalized spacial score (nSPS) is 21.4. The van der Waals surface area contributed by atoms with Gasteiger partial charge in [0.05, 0.1) is 3.79 Å². The molecule has 2 N–H and O–H groups in total. The predicted octanol–water partition coefficient (Wildman–Crippen LogP) is 1.65. The molecule has 1 unspecified atom stereocenters. The molecule has 0 fully saturated rings. The van der Waals surface area contributed by atoms with Crippen LogP contribution in [0.15, 0.2) is 9.85 Å². The van der Waals surface area contributed by atoms with Crippen molar-refractivity contribution in [2.45, 2.75) is 18.9 Å². The maximum Gasteiger partial charge on any atom is 0.321 e. The summed E-state index contributed by atoms with van der Waals surface area (Å²) in [7, 11) is 0. The summed E-state index contributed by atoms with van der Waals surface area (Å²) in [6.45, 7) is 0.747. The molecule has 76 valence electrons. The van der Waals surface area contributed by atoms with Crippen molar-refractivity contribution in [1.82, 2.24) is 5.32 Å². The molecule has 3 nitrogen and oxygen atoms in total. The minimum atomic E-state index is -0.764. The number of aliphatic carboxylic acids is 1. The summed E-state index contributed by atoms with van der Waals surface area (Å²) in [5.41, 5.74) is 1.17. The van der Waals surface area contributed by atoms with Gasteiger partial charge in [0.2, 0.25) is 0 Å². The summed E-state index contributed by atoms with van der Waals surface area (Å²) in [6.07, 6.45) is 1.52. The number of halogens is 1. The SMILES string of the molecule is O=C(O)C1Cc2cc(Br)sc2CCN1. The molecule has 2 rings (SSSR count). The number of rotatable bonds is 1. The average Bonchev–Trinajstić information content (AvgIpc) is 2.32. The van der Waals surface area contributed by atoms with Crippen LogP contribution in [0.4, 0.5) is 0 Å². The number of thiophene rings is 1. The van der Waals surface area contributed by atoms with Gasteiger partial charge in [0.25, 0.3) is 0 Å². The van der Waals surface area contributed by atoms with E-state index in [2.05, 4.69) is 21.2 Å². The fourth-order valence-corrected chi connectivity index (χ4v) is 3.42. The molecule has 0 spiro atoms. The molecule has 0 radical (unpaired) electrons. The van der Waals surface area contributed by atoms with Crippen molar-refractivity contribution in [2.24, 2.45) is 0 Å². The number of hydrogen-bond acceptors (Lipinski definition) is 3. The lowest BCUT2D eigenvalue weighted by atomic mass is 10.1. The van der Waals surface area contributed by atoms with Gasteiger partial charge >= 0.3 is 5.97 Å². The van der Waals surface area contributed by atoms with Crippen LogP contribution < -0.4 is 5.32 Å². The first kappa shape index (κ1) is 10.1. The molecule has 5 heteroatoms. The quantitative estimate of drug-likeness (QED) is 0.820. The average molecular weight is 276 g/mol. The highest BCUT2D eigenvalue weighted by Crippen LogP contribution is 2.29. The summed E-state index contributed by atoms with van der Waals surface area (Å²) in [4.78, 5) is 12.2.